The van der Waals surface area contributed by atoms with Gasteiger partial charge >= 0.3 is 0 Å². The van der Waals surface area contributed by atoms with E-state index in [1.165, 1.54) is 21.0 Å². The summed E-state index contributed by atoms with van der Waals surface area (Å²) in [7, 11) is 2.18. The van der Waals surface area contributed by atoms with E-state index in [2.05, 4.69) is 66.3 Å². The van der Waals surface area contributed by atoms with Gasteiger partial charge in [0.1, 0.15) is 10.8 Å². The molecule has 2 aromatic carbocycles. The molecule has 0 spiro atoms. The van der Waals surface area contributed by atoms with Gasteiger partial charge in [-0.15, -0.1) is 11.3 Å². The maximum Gasteiger partial charge on any atom is 0.139 e. The average molecular weight is 453 g/mol. The van der Waals surface area contributed by atoms with Crippen molar-refractivity contribution in [1.82, 2.24) is 9.80 Å². The third-order valence-electron chi connectivity index (χ3n) is 5.60. The molecular formula is C25H29ClN4S. The van der Waals surface area contributed by atoms with E-state index in [1.54, 1.807) is 11.3 Å². The minimum atomic E-state index is 0.812. The molecule has 0 unspecified atom stereocenters. The minimum absolute atomic E-state index is 0.812. The molecule has 2 aliphatic rings. The van der Waals surface area contributed by atoms with Crippen molar-refractivity contribution < 1.29 is 0 Å². The molecule has 0 bridgehead atoms. The number of benzene rings is 2. The summed E-state index contributed by atoms with van der Waals surface area (Å²) in [5.41, 5.74) is 4.69. The van der Waals surface area contributed by atoms with Crippen LogP contribution in [0, 0.1) is 6.92 Å². The highest BCUT2D eigenvalue weighted by molar-refractivity contribution is 7.16. The lowest BCUT2D eigenvalue weighted by atomic mass is 10.2. The van der Waals surface area contributed by atoms with Crippen LogP contribution in [0.25, 0.3) is 0 Å². The van der Waals surface area contributed by atoms with Crippen molar-refractivity contribution in [3.63, 3.8) is 0 Å². The SMILES string of the molecule is CCc1ccc(Cl)cc1.Cc1cc2c(s1)Nc1ccccc1N=C2N1CCN(C)CC1. The molecule has 162 valence electrons. The largest absolute Gasteiger partial charge is 0.353 e. The van der Waals surface area contributed by atoms with Crippen LogP contribution in [0.4, 0.5) is 16.4 Å². The van der Waals surface area contributed by atoms with Crippen LogP contribution in [-0.4, -0.2) is 48.9 Å². The first-order valence-corrected chi connectivity index (χ1v) is 12.0. The number of piperazine rings is 1. The second kappa shape index (κ2) is 9.86. The van der Waals surface area contributed by atoms with Crippen LogP contribution in [0.15, 0.2) is 59.6 Å². The molecule has 3 aromatic rings. The summed E-state index contributed by atoms with van der Waals surface area (Å²) in [6.07, 6.45) is 1.08. The molecule has 0 aliphatic carbocycles. The normalized spacial score (nSPS) is 15.6. The van der Waals surface area contributed by atoms with Gasteiger partial charge in [-0.2, -0.15) is 0 Å². The Bertz CT molecular complexity index is 1050. The molecule has 4 nitrogen and oxygen atoms in total. The number of anilines is 2. The first-order chi connectivity index (χ1) is 15.0. The van der Waals surface area contributed by atoms with E-state index in [1.807, 2.05) is 24.3 Å². The quantitative estimate of drug-likeness (QED) is 0.467. The molecule has 0 atom stereocenters. The number of rotatable bonds is 1. The number of para-hydroxylation sites is 2. The second-order valence-corrected chi connectivity index (χ2v) is 9.64. The van der Waals surface area contributed by atoms with Crippen molar-refractivity contribution in [1.29, 1.82) is 0 Å². The Morgan fingerprint density at radius 1 is 1.03 bits per heavy atom. The molecule has 1 N–H and O–H groups in total. The highest BCUT2D eigenvalue weighted by Gasteiger charge is 2.25. The third-order valence-corrected chi connectivity index (χ3v) is 6.82. The van der Waals surface area contributed by atoms with Crippen molar-refractivity contribution in [3.05, 3.63) is 75.6 Å². The van der Waals surface area contributed by atoms with Gasteiger partial charge in [-0.05, 0) is 56.3 Å². The maximum absolute atomic E-state index is 5.67. The number of halogens is 1. The lowest BCUT2D eigenvalue weighted by molar-refractivity contribution is 0.216. The lowest BCUT2D eigenvalue weighted by Gasteiger charge is -2.34. The van der Waals surface area contributed by atoms with Gasteiger partial charge in [0.15, 0.2) is 0 Å². The number of fused-ring (bicyclic) bond motifs is 2. The van der Waals surface area contributed by atoms with Crippen LogP contribution in [0.3, 0.4) is 0 Å². The first kappa shape index (κ1) is 21.9. The molecule has 0 radical (unpaired) electrons. The third kappa shape index (κ3) is 5.29. The van der Waals surface area contributed by atoms with Gasteiger partial charge < -0.3 is 15.1 Å². The molecule has 2 aliphatic heterocycles. The fraction of sp³-hybridized carbons (Fsp3) is 0.320. The summed E-state index contributed by atoms with van der Waals surface area (Å²) >= 11 is 7.48. The molecule has 5 rings (SSSR count). The first-order valence-electron chi connectivity index (χ1n) is 10.8. The number of aliphatic imine (C=N–C) groups is 1. The van der Waals surface area contributed by atoms with Gasteiger partial charge in [0, 0.05) is 36.1 Å². The summed E-state index contributed by atoms with van der Waals surface area (Å²) in [5.74, 6) is 1.12. The number of hydrogen-bond acceptors (Lipinski definition) is 5. The number of amidine groups is 1. The van der Waals surface area contributed by atoms with E-state index >= 15 is 0 Å². The summed E-state index contributed by atoms with van der Waals surface area (Å²) in [4.78, 5) is 11.1. The Balaban J connectivity index is 0.000000217. The molecule has 3 heterocycles. The number of aryl methyl sites for hydroxylation is 2. The molecule has 1 fully saturated rings. The Kier molecular flexibility index (Phi) is 6.96. The fourth-order valence-corrected chi connectivity index (χ4v) is 4.77. The predicted octanol–water partition coefficient (Wildman–Crippen LogP) is 6.34. The topological polar surface area (TPSA) is 30.9 Å². The van der Waals surface area contributed by atoms with Crippen LogP contribution in [0.2, 0.25) is 5.02 Å². The number of likely N-dealkylation sites (N-methyl/N-ethyl adjacent to an activating group) is 1. The summed E-state index contributed by atoms with van der Waals surface area (Å²) in [5, 5.41) is 5.59. The molecule has 0 saturated carbocycles. The van der Waals surface area contributed by atoms with Crippen molar-refractivity contribution in [3.8, 4) is 0 Å². The van der Waals surface area contributed by atoms with E-state index in [9.17, 15) is 0 Å². The van der Waals surface area contributed by atoms with Crippen LogP contribution in [0.1, 0.15) is 22.9 Å². The highest BCUT2D eigenvalue weighted by Crippen LogP contribution is 2.39. The monoisotopic (exact) mass is 452 g/mol. The molecule has 0 amide bonds. The van der Waals surface area contributed by atoms with E-state index in [0.29, 0.717) is 0 Å². The summed E-state index contributed by atoms with van der Waals surface area (Å²) in [6.45, 7) is 8.54. The van der Waals surface area contributed by atoms with E-state index in [0.717, 1.165) is 54.8 Å². The minimum Gasteiger partial charge on any atom is -0.353 e. The van der Waals surface area contributed by atoms with Crippen LogP contribution >= 0.6 is 22.9 Å². The standard InChI is InChI=1S/C17H20N4S.C8H9Cl/c1-12-11-13-16(21-9-7-20(2)8-10-21)18-14-5-3-4-6-15(14)19-17(13)22-12;1-2-7-3-5-8(9)6-4-7/h3-6,11,19H,7-10H2,1-2H3;3-6H,2H2,1H3. The van der Waals surface area contributed by atoms with E-state index in [4.69, 9.17) is 16.6 Å². The highest BCUT2D eigenvalue weighted by atomic mass is 35.5. The van der Waals surface area contributed by atoms with Gasteiger partial charge in [0.2, 0.25) is 0 Å². The Morgan fingerprint density at radius 3 is 2.45 bits per heavy atom. The van der Waals surface area contributed by atoms with Gasteiger partial charge in [0.25, 0.3) is 0 Å². The predicted molar refractivity (Wildman–Crippen MR) is 135 cm³/mol. The molecular weight excluding hydrogens is 424 g/mol. The Morgan fingerprint density at radius 2 is 1.74 bits per heavy atom. The van der Waals surface area contributed by atoms with E-state index < -0.39 is 0 Å². The zero-order chi connectivity index (χ0) is 21.8. The maximum atomic E-state index is 5.67. The second-order valence-electron chi connectivity index (χ2n) is 7.95. The van der Waals surface area contributed by atoms with Gasteiger partial charge in [-0.3, -0.25) is 0 Å². The summed E-state index contributed by atoms with van der Waals surface area (Å²) in [6, 6.07) is 18.5. The van der Waals surface area contributed by atoms with Gasteiger partial charge in [-0.1, -0.05) is 42.8 Å². The number of hydrogen-bond donors (Lipinski definition) is 1. The van der Waals surface area contributed by atoms with Crippen molar-refractivity contribution in [2.45, 2.75) is 20.3 Å². The van der Waals surface area contributed by atoms with Crippen LogP contribution < -0.4 is 5.32 Å². The van der Waals surface area contributed by atoms with Gasteiger partial charge in [-0.25, -0.2) is 4.99 Å². The van der Waals surface area contributed by atoms with Crippen LogP contribution in [-0.2, 0) is 6.42 Å². The molecule has 1 saturated heterocycles. The molecule has 6 heteroatoms. The zero-order valence-corrected chi connectivity index (χ0v) is 19.9. The number of nitrogens with zero attached hydrogens (tertiary/aromatic N) is 3. The fourth-order valence-electron chi connectivity index (χ4n) is 3.73. The Labute approximate surface area is 194 Å². The average Bonchev–Trinajstić information content (AvgIpc) is 3.07. The smallest absolute Gasteiger partial charge is 0.139 e. The zero-order valence-electron chi connectivity index (χ0n) is 18.4. The molecule has 31 heavy (non-hydrogen) atoms. The van der Waals surface area contributed by atoms with Crippen molar-refractivity contribution in [2.24, 2.45) is 4.99 Å². The van der Waals surface area contributed by atoms with E-state index in [-0.39, 0.29) is 0 Å². The lowest BCUT2D eigenvalue weighted by Crippen LogP contribution is -2.47. The van der Waals surface area contributed by atoms with Crippen molar-refractivity contribution >= 4 is 45.1 Å². The number of nitrogens with one attached hydrogen (secondary N) is 1. The summed E-state index contributed by atoms with van der Waals surface area (Å²) < 4.78 is 0. The molecule has 1 aromatic heterocycles. The van der Waals surface area contributed by atoms with Gasteiger partial charge in [0.05, 0.1) is 16.9 Å². The van der Waals surface area contributed by atoms with Crippen LogP contribution in [0.5, 0.6) is 0 Å². The Hall–Kier alpha value is -2.34. The van der Waals surface area contributed by atoms with Crippen molar-refractivity contribution in [2.75, 3.05) is 38.5 Å². The number of thiophene rings is 1.